The van der Waals surface area contributed by atoms with Gasteiger partial charge in [0.15, 0.2) is 0 Å². The molecule has 1 aromatic heterocycles. The molecule has 5 aromatic carbocycles. The molecule has 0 radical (unpaired) electrons. The molecular weight excluding hydrogens is 1530 g/mol. The predicted molar refractivity (Wildman–Crippen MR) is 324 cm³/mol. The second kappa shape index (κ2) is 35.1. The van der Waals surface area contributed by atoms with Crippen LogP contribution in [0.5, 0.6) is 0 Å². The van der Waals surface area contributed by atoms with Gasteiger partial charge in [-0.15, -0.1) is 0 Å². The normalized spacial score (nSPS) is 10.8. The molecule has 0 amide bonds. The molecule has 1 aliphatic carbocycles. The minimum atomic E-state index is 0. The van der Waals surface area contributed by atoms with E-state index in [9.17, 15) is 0 Å². The van der Waals surface area contributed by atoms with Gasteiger partial charge in [0.1, 0.15) is 0 Å². The summed E-state index contributed by atoms with van der Waals surface area (Å²) in [5, 5.41) is 4.82. The van der Waals surface area contributed by atoms with Crippen LogP contribution in [0, 0.1) is 7.14 Å². The van der Waals surface area contributed by atoms with Gasteiger partial charge in [-0.3, -0.25) is 0 Å². The molecule has 9 rings (SSSR count). The maximum absolute atomic E-state index is 5.00. The Balaban J connectivity index is 0.000000356. The van der Waals surface area contributed by atoms with Gasteiger partial charge >= 0.3 is 406 Å². The predicted octanol–water partition coefficient (Wildman–Crippen LogP) is 5.90. The van der Waals surface area contributed by atoms with Crippen molar-refractivity contribution in [2.24, 2.45) is 0 Å². The number of hydrogen-bond acceptors (Lipinski definition) is 5. The van der Waals surface area contributed by atoms with Crippen LogP contribution in [0.3, 0.4) is 0 Å². The summed E-state index contributed by atoms with van der Waals surface area (Å²) in [6.45, 7) is 23.8. The fourth-order valence-electron chi connectivity index (χ4n) is 7.80. The fraction of sp³-hybridized carbons (Fsp3) is 0.368. The Bertz CT molecular complexity index is 2700. The second-order valence-electron chi connectivity index (χ2n) is 16.5. The molecule has 6 aromatic rings. The first-order valence-electron chi connectivity index (χ1n) is 24.2. The molecule has 0 saturated carbocycles. The molecule has 0 saturated heterocycles. The summed E-state index contributed by atoms with van der Waals surface area (Å²) in [6, 6.07) is 43.9. The number of nitrogens with one attached hydrogen (secondary N) is 1. The quantitative estimate of drug-likeness (QED) is 0.0637. The Morgan fingerprint density at radius 3 is 1.61 bits per heavy atom. The molecule has 3 heterocycles. The summed E-state index contributed by atoms with van der Waals surface area (Å²) < 4.78 is 13.7. The minimum absolute atomic E-state index is 0. The van der Waals surface area contributed by atoms with Crippen molar-refractivity contribution in [1.82, 2.24) is 19.4 Å². The molecular formula is C57H74I4N6OSe3. The average Bonchev–Trinajstić information content (AvgIpc) is 3.35. The number of aromatic nitrogens is 2. The van der Waals surface area contributed by atoms with Crippen molar-refractivity contribution < 1.29 is 53.4 Å². The Labute approximate surface area is 505 Å². The van der Waals surface area contributed by atoms with Gasteiger partial charge in [0, 0.05) is 0 Å². The SMILES string of the molecule is C.CCCCN(CCCC)c1ccc2nc3ccc(=[N+](CCC)CCC)cc-3[se]c2c1.CCN(CC)CC.Ic1ccc2nc3ccc(I)cc3[se+]c2c1.O.[I-].[I-].c1ccc2c(c1)Nc1ccccc1[Se]2. The Kier molecular flexibility index (Phi) is 32.6. The third-order valence-electron chi connectivity index (χ3n) is 11.5. The zero-order valence-corrected chi connectivity index (χ0v) is 55.5. The van der Waals surface area contributed by atoms with Crippen LogP contribution in [-0.2, 0) is 0 Å². The van der Waals surface area contributed by atoms with Crippen LogP contribution >= 0.6 is 45.2 Å². The van der Waals surface area contributed by atoms with Crippen molar-refractivity contribution >= 4 is 144 Å². The van der Waals surface area contributed by atoms with Gasteiger partial charge in [-0.25, -0.2) is 0 Å². The van der Waals surface area contributed by atoms with Gasteiger partial charge in [0.2, 0.25) is 0 Å². The standard InChI is InChI=1S/C26H38N3Se.C12H6I2NSe.C12H9NSe.C6H15N.CH4.2HI.H2O/c1-5-9-17-29(18-10-6-2)22-12-14-24-26(20-22)30-25-19-21(11-13-23(25)27-24)28(15-7-3)16-8-4;13-7-1-3-9-11(5-7)16-12-6-8(14)2-4-10(12)15-9;1-3-7-11-9(5-1)13-10-6-2-4-8-12(10)14-11;1-4-7(5-2)6-3;;;;/h11-14,19-20H,5-10,15-18H2,1-4H3;1-6H;1-8,13H;4-6H2,1-3H3;1H4;2*1H;1H2/q2*+1;;;;;;/p-2. The van der Waals surface area contributed by atoms with Crippen LogP contribution in [0.25, 0.3) is 39.5 Å². The Morgan fingerprint density at radius 2 is 1.11 bits per heavy atom. The zero-order valence-electron chi connectivity index (χ0n) is 41.7. The number of benzene rings is 6. The van der Waals surface area contributed by atoms with Crippen LogP contribution in [0.1, 0.15) is 94.4 Å². The molecule has 3 N–H and O–H groups in total. The molecule has 2 aliphatic heterocycles. The summed E-state index contributed by atoms with van der Waals surface area (Å²) in [6.07, 6.45) is 7.37. The molecule has 384 valence electrons. The molecule has 0 unspecified atom stereocenters. The third kappa shape index (κ3) is 19.7. The topological polar surface area (TPSA) is 78.8 Å². The van der Waals surface area contributed by atoms with Crippen LogP contribution < -0.4 is 77.0 Å². The fourth-order valence-corrected chi connectivity index (χ4v) is 16.2. The summed E-state index contributed by atoms with van der Waals surface area (Å²) in [4.78, 5) is 14.7. The average molecular weight is 1600 g/mol. The van der Waals surface area contributed by atoms with Gasteiger partial charge in [-0.1, -0.05) is 28.2 Å². The van der Waals surface area contributed by atoms with E-state index in [4.69, 9.17) is 9.97 Å². The number of anilines is 3. The third-order valence-corrected chi connectivity index (χ3v) is 19.9. The van der Waals surface area contributed by atoms with E-state index in [1.807, 2.05) is 0 Å². The van der Waals surface area contributed by atoms with E-state index >= 15 is 0 Å². The van der Waals surface area contributed by atoms with Crippen LogP contribution in [0.4, 0.5) is 17.1 Å². The van der Waals surface area contributed by atoms with Gasteiger partial charge in [0.25, 0.3) is 0 Å². The van der Waals surface area contributed by atoms with Crippen LogP contribution in [0.2, 0.25) is 0 Å². The Morgan fingerprint density at radius 1 is 0.592 bits per heavy atom. The number of para-hydroxylation sites is 2. The first-order chi connectivity index (χ1) is 32.7. The number of rotatable bonds is 14. The molecule has 71 heavy (non-hydrogen) atoms. The molecule has 0 atom stereocenters. The number of fused-ring (bicyclic) bond motifs is 6. The zero-order chi connectivity index (χ0) is 47.5. The summed E-state index contributed by atoms with van der Waals surface area (Å²) >= 11 is 5.88. The summed E-state index contributed by atoms with van der Waals surface area (Å²) in [7, 11) is 0. The number of nitrogens with zero attached hydrogens (tertiary/aromatic N) is 5. The second-order valence-corrected chi connectivity index (χ2v) is 25.8. The van der Waals surface area contributed by atoms with Crippen molar-refractivity contribution in [3.05, 3.63) is 134 Å². The van der Waals surface area contributed by atoms with E-state index in [1.54, 1.807) is 0 Å². The van der Waals surface area contributed by atoms with Crippen molar-refractivity contribution in [3.63, 3.8) is 0 Å². The number of halogens is 4. The van der Waals surface area contributed by atoms with Gasteiger partial charge < -0.3 is 58.3 Å². The van der Waals surface area contributed by atoms with Gasteiger partial charge in [-0.05, 0) is 19.6 Å². The van der Waals surface area contributed by atoms with E-state index in [0.29, 0.717) is 44.0 Å². The van der Waals surface area contributed by atoms with E-state index in [-0.39, 0.29) is 60.9 Å². The van der Waals surface area contributed by atoms with Gasteiger partial charge in [0.05, 0.1) is 0 Å². The van der Waals surface area contributed by atoms with Crippen molar-refractivity contribution in [2.75, 3.05) is 56.0 Å². The van der Waals surface area contributed by atoms with Gasteiger partial charge in [-0.2, -0.15) is 0 Å². The first kappa shape index (κ1) is 65.8. The van der Waals surface area contributed by atoms with E-state index in [1.165, 1.54) is 125 Å². The molecule has 0 spiro atoms. The van der Waals surface area contributed by atoms with Crippen LogP contribution in [-0.4, -0.2) is 110 Å². The van der Waals surface area contributed by atoms with E-state index in [2.05, 4.69) is 235 Å². The van der Waals surface area contributed by atoms with Crippen molar-refractivity contribution in [3.8, 4) is 10.1 Å². The number of unbranched alkanes of at least 4 members (excludes halogenated alkanes) is 2. The van der Waals surface area contributed by atoms with Crippen LogP contribution in [0.15, 0.2) is 121 Å². The molecule has 7 nitrogen and oxygen atoms in total. The monoisotopic (exact) mass is 1610 g/mol. The molecule has 0 bridgehead atoms. The van der Waals surface area contributed by atoms with E-state index < -0.39 is 0 Å². The Hall–Kier alpha value is -1.28. The first-order valence-corrected chi connectivity index (χ1v) is 31.5. The summed E-state index contributed by atoms with van der Waals surface area (Å²) in [5.41, 5.74) is 8.55. The summed E-state index contributed by atoms with van der Waals surface area (Å²) in [5.74, 6) is 0. The number of hydrogen-bond donors (Lipinski definition) is 1. The van der Waals surface area contributed by atoms with Crippen molar-refractivity contribution in [1.29, 1.82) is 0 Å². The molecule has 14 heteroatoms. The molecule has 3 aliphatic rings. The van der Waals surface area contributed by atoms with Crippen molar-refractivity contribution in [2.45, 2.75) is 94.4 Å². The van der Waals surface area contributed by atoms with E-state index in [0.717, 1.165) is 37.2 Å². The maximum atomic E-state index is 5.00. The molecule has 0 fully saturated rings.